The summed E-state index contributed by atoms with van der Waals surface area (Å²) < 4.78 is 2.02. The fourth-order valence-electron chi connectivity index (χ4n) is 1.52. The molecule has 0 unspecified atom stereocenters. The minimum Gasteiger partial charge on any atom is -0.324 e. The van der Waals surface area contributed by atoms with E-state index >= 15 is 0 Å². The molecule has 62 valence electrons. The molecule has 1 fully saturated rings. The second-order valence-electron chi connectivity index (χ2n) is 3.73. The van der Waals surface area contributed by atoms with Crippen LogP contribution in [0, 0.1) is 12.3 Å². The molecule has 12 heavy (non-hydrogen) atoms. The van der Waals surface area contributed by atoms with Crippen molar-refractivity contribution in [3.8, 4) is 12.3 Å². The predicted octanol–water partition coefficient (Wildman–Crippen LogP) is 1.45. The molecule has 1 aromatic heterocycles. The lowest BCUT2D eigenvalue weighted by molar-refractivity contribution is 0.657. The van der Waals surface area contributed by atoms with Crippen LogP contribution in [0.25, 0.3) is 0 Å². The Morgan fingerprint density at radius 1 is 1.67 bits per heavy atom. The van der Waals surface area contributed by atoms with Crippen molar-refractivity contribution >= 4 is 0 Å². The lowest BCUT2D eigenvalue weighted by atomic mass is 10.1. The van der Waals surface area contributed by atoms with Gasteiger partial charge >= 0.3 is 0 Å². The first-order valence-corrected chi connectivity index (χ1v) is 4.16. The Bertz CT molecular complexity index is 350. The zero-order valence-electron chi connectivity index (χ0n) is 7.46. The second kappa shape index (κ2) is 2.13. The molecule has 1 aliphatic rings. The number of nitrogens with zero attached hydrogens (tertiary/aromatic N) is 2. The summed E-state index contributed by atoms with van der Waals surface area (Å²) in [4.78, 5) is 4.34. The summed E-state index contributed by atoms with van der Waals surface area (Å²) in [6.45, 7) is 2.23. The standard InChI is InChI=1S/C10H12N2/c1-4-8-7-11-9(12(8)3)10(2)5-6-10/h1,7H,5-6H2,2-3H3. The molecule has 0 radical (unpaired) electrons. The fraction of sp³-hybridized carbons (Fsp3) is 0.500. The van der Waals surface area contributed by atoms with E-state index in [-0.39, 0.29) is 0 Å². The van der Waals surface area contributed by atoms with E-state index < -0.39 is 0 Å². The molecule has 0 aliphatic heterocycles. The Kier molecular flexibility index (Phi) is 1.32. The highest BCUT2D eigenvalue weighted by molar-refractivity contribution is 5.28. The monoisotopic (exact) mass is 160 g/mol. The summed E-state index contributed by atoms with van der Waals surface area (Å²) >= 11 is 0. The van der Waals surface area contributed by atoms with Gasteiger partial charge in [-0.2, -0.15) is 0 Å². The van der Waals surface area contributed by atoms with Crippen LogP contribution in [0.15, 0.2) is 6.20 Å². The molecule has 0 atom stereocenters. The minimum absolute atomic E-state index is 0.309. The van der Waals surface area contributed by atoms with Gasteiger partial charge in [0.25, 0.3) is 0 Å². The Morgan fingerprint density at radius 3 is 2.75 bits per heavy atom. The average Bonchev–Trinajstić information content (AvgIpc) is 2.65. The molecule has 2 nitrogen and oxygen atoms in total. The van der Waals surface area contributed by atoms with Crippen molar-refractivity contribution in [2.75, 3.05) is 0 Å². The van der Waals surface area contributed by atoms with Gasteiger partial charge in [0.05, 0.1) is 6.20 Å². The van der Waals surface area contributed by atoms with Gasteiger partial charge in [0.15, 0.2) is 0 Å². The molecule has 0 saturated heterocycles. The van der Waals surface area contributed by atoms with Crippen LogP contribution in [0.4, 0.5) is 0 Å². The third-order valence-corrected chi connectivity index (χ3v) is 2.68. The van der Waals surface area contributed by atoms with Crippen molar-refractivity contribution in [3.63, 3.8) is 0 Å². The summed E-state index contributed by atoms with van der Waals surface area (Å²) in [5.74, 6) is 3.75. The molecule has 1 saturated carbocycles. The van der Waals surface area contributed by atoms with Gasteiger partial charge < -0.3 is 4.57 Å². The minimum atomic E-state index is 0.309. The van der Waals surface area contributed by atoms with Gasteiger partial charge in [-0.25, -0.2) is 4.98 Å². The molecule has 0 bridgehead atoms. The van der Waals surface area contributed by atoms with Gasteiger partial charge in [0.2, 0.25) is 0 Å². The van der Waals surface area contributed by atoms with Crippen molar-refractivity contribution in [2.24, 2.45) is 7.05 Å². The van der Waals surface area contributed by atoms with E-state index in [0.717, 1.165) is 11.5 Å². The first-order chi connectivity index (χ1) is 5.67. The molecule has 1 aliphatic carbocycles. The SMILES string of the molecule is C#Cc1cnc(C2(C)CC2)n1C. The second-order valence-corrected chi connectivity index (χ2v) is 3.73. The van der Waals surface area contributed by atoms with Crippen molar-refractivity contribution in [2.45, 2.75) is 25.2 Å². The Hall–Kier alpha value is -1.23. The number of imidazole rings is 1. The van der Waals surface area contributed by atoms with Gasteiger partial charge in [-0.05, 0) is 12.8 Å². The predicted molar refractivity (Wildman–Crippen MR) is 47.7 cm³/mol. The maximum absolute atomic E-state index is 5.32. The van der Waals surface area contributed by atoms with Crippen LogP contribution in [0.3, 0.4) is 0 Å². The maximum Gasteiger partial charge on any atom is 0.115 e. The molecule has 0 spiro atoms. The summed E-state index contributed by atoms with van der Waals surface area (Å²) in [6, 6.07) is 0. The molecular weight excluding hydrogens is 148 g/mol. The van der Waals surface area contributed by atoms with E-state index in [1.54, 1.807) is 6.20 Å². The lowest BCUT2D eigenvalue weighted by Gasteiger charge is -2.07. The summed E-state index contributed by atoms with van der Waals surface area (Å²) in [5, 5.41) is 0. The largest absolute Gasteiger partial charge is 0.324 e. The summed E-state index contributed by atoms with van der Waals surface area (Å²) in [6.07, 6.45) is 9.57. The molecular formula is C10H12N2. The van der Waals surface area contributed by atoms with Crippen molar-refractivity contribution < 1.29 is 0 Å². The van der Waals surface area contributed by atoms with Gasteiger partial charge in [-0.1, -0.05) is 12.8 Å². The normalized spacial score (nSPS) is 18.8. The molecule has 1 aromatic rings. The Labute approximate surface area is 72.6 Å². The quantitative estimate of drug-likeness (QED) is 0.568. The number of rotatable bonds is 1. The smallest absolute Gasteiger partial charge is 0.115 e. The van der Waals surface area contributed by atoms with E-state index in [1.807, 2.05) is 11.6 Å². The number of terminal acetylenes is 1. The van der Waals surface area contributed by atoms with Crippen LogP contribution in [0.2, 0.25) is 0 Å². The number of aromatic nitrogens is 2. The first-order valence-electron chi connectivity index (χ1n) is 4.16. The topological polar surface area (TPSA) is 17.8 Å². The van der Waals surface area contributed by atoms with Crippen LogP contribution < -0.4 is 0 Å². The lowest BCUT2D eigenvalue weighted by Crippen LogP contribution is -2.09. The molecule has 1 heterocycles. The van der Waals surface area contributed by atoms with Crippen LogP contribution in [-0.2, 0) is 12.5 Å². The molecule has 0 aromatic carbocycles. The van der Waals surface area contributed by atoms with Crippen molar-refractivity contribution in [1.82, 2.24) is 9.55 Å². The Morgan fingerprint density at radius 2 is 2.33 bits per heavy atom. The molecule has 2 heteroatoms. The fourth-order valence-corrected chi connectivity index (χ4v) is 1.52. The number of hydrogen-bond donors (Lipinski definition) is 0. The van der Waals surface area contributed by atoms with E-state index in [0.29, 0.717) is 5.41 Å². The Balaban J connectivity index is 2.47. The highest BCUT2D eigenvalue weighted by atomic mass is 15.1. The molecule has 0 amide bonds. The zero-order chi connectivity index (χ0) is 8.77. The van der Waals surface area contributed by atoms with Gasteiger partial charge in [0.1, 0.15) is 11.5 Å². The zero-order valence-corrected chi connectivity index (χ0v) is 7.46. The summed E-state index contributed by atoms with van der Waals surface area (Å²) in [5.41, 5.74) is 1.18. The molecule has 2 rings (SSSR count). The summed E-state index contributed by atoms with van der Waals surface area (Å²) in [7, 11) is 1.99. The number of hydrogen-bond acceptors (Lipinski definition) is 1. The average molecular weight is 160 g/mol. The van der Waals surface area contributed by atoms with Gasteiger partial charge in [-0.3, -0.25) is 0 Å². The maximum atomic E-state index is 5.32. The van der Waals surface area contributed by atoms with E-state index in [2.05, 4.69) is 17.8 Å². The molecule has 0 N–H and O–H groups in total. The van der Waals surface area contributed by atoms with Crippen LogP contribution in [0.5, 0.6) is 0 Å². The third kappa shape index (κ3) is 0.863. The van der Waals surface area contributed by atoms with Crippen molar-refractivity contribution in [3.05, 3.63) is 17.7 Å². The van der Waals surface area contributed by atoms with Crippen LogP contribution in [-0.4, -0.2) is 9.55 Å². The van der Waals surface area contributed by atoms with E-state index in [9.17, 15) is 0 Å². The third-order valence-electron chi connectivity index (χ3n) is 2.68. The van der Waals surface area contributed by atoms with Gasteiger partial charge in [-0.15, -0.1) is 6.42 Å². The van der Waals surface area contributed by atoms with Crippen LogP contribution >= 0.6 is 0 Å². The van der Waals surface area contributed by atoms with Gasteiger partial charge in [0, 0.05) is 12.5 Å². The van der Waals surface area contributed by atoms with Crippen LogP contribution in [0.1, 0.15) is 31.3 Å². The van der Waals surface area contributed by atoms with E-state index in [1.165, 1.54) is 12.8 Å². The van der Waals surface area contributed by atoms with E-state index in [4.69, 9.17) is 6.42 Å². The van der Waals surface area contributed by atoms with Crippen molar-refractivity contribution in [1.29, 1.82) is 0 Å². The highest BCUT2D eigenvalue weighted by Crippen LogP contribution is 2.46. The highest BCUT2D eigenvalue weighted by Gasteiger charge is 2.42. The first kappa shape index (κ1) is 7.42.